The number of hydrogen-bond donors (Lipinski definition) is 0. The van der Waals surface area contributed by atoms with Crippen molar-refractivity contribution in [2.75, 3.05) is 7.11 Å². The highest BCUT2D eigenvalue weighted by molar-refractivity contribution is 5.98. The Labute approximate surface area is 126 Å². The van der Waals surface area contributed by atoms with Crippen LogP contribution in [0.15, 0.2) is 30.3 Å². The van der Waals surface area contributed by atoms with Crippen molar-refractivity contribution in [1.29, 1.82) is 0 Å². The van der Waals surface area contributed by atoms with Crippen molar-refractivity contribution >= 4 is 5.78 Å². The second kappa shape index (κ2) is 6.13. The molecule has 2 rings (SSSR count). The summed E-state index contributed by atoms with van der Waals surface area (Å²) in [5, 5.41) is 0. The minimum absolute atomic E-state index is 0.128. The maximum Gasteiger partial charge on any atom is 0.167 e. The minimum Gasteiger partial charge on any atom is -0.496 e. The Bertz CT molecular complexity index is 661. The zero-order valence-corrected chi connectivity index (χ0v) is 13.4. The number of ketones is 1. The smallest absolute Gasteiger partial charge is 0.167 e. The number of aryl methyl sites for hydroxylation is 4. The molecule has 0 unspecified atom stereocenters. The molecule has 0 atom stereocenters. The number of methoxy groups -OCH3 is 1. The first-order valence-corrected chi connectivity index (χ1v) is 7.17. The Morgan fingerprint density at radius 1 is 0.952 bits per heavy atom. The molecular formula is C19H22O2. The third-order valence-electron chi connectivity index (χ3n) is 3.91. The van der Waals surface area contributed by atoms with Crippen molar-refractivity contribution in [3.8, 4) is 5.75 Å². The molecule has 2 aromatic rings. The van der Waals surface area contributed by atoms with Crippen molar-refractivity contribution < 1.29 is 9.53 Å². The van der Waals surface area contributed by atoms with E-state index in [0.29, 0.717) is 12.0 Å². The minimum atomic E-state index is 0.128. The maximum atomic E-state index is 12.5. The van der Waals surface area contributed by atoms with Crippen LogP contribution >= 0.6 is 0 Å². The first kappa shape index (κ1) is 15.3. The second-order valence-corrected chi connectivity index (χ2v) is 5.66. The fraction of sp³-hybridized carbons (Fsp3) is 0.316. The number of benzene rings is 2. The fourth-order valence-electron chi connectivity index (χ4n) is 2.74. The van der Waals surface area contributed by atoms with E-state index in [1.807, 2.05) is 25.1 Å². The third kappa shape index (κ3) is 3.33. The van der Waals surface area contributed by atoms with Crippen LogP contribution < -0.4 is 4.74 Å². The lowest BCUT2D eigenvalue weighted by Gasteiger charge is -2.12. The summed E-state index contributed by atoms with van der Waals surface area (Å²) in [6.07, 6.45) is 0.435. The molecule has 0 fully saturated rings. The third-order valence-corrected chi connectivity index (χ3v) is 3.91. The number of hydrogen-bond acceptors (Lipinski definition) is 2. The molecule has 2 aromatic carbocycles. The van der Waals surface area contributed by atoms with E-state index in [-0.39, 0.29) is 5.78 Å². The topological polar surface area (TPSA) is 26.3 Å². The molecule has 0 radical (unpaired) electrons. The predicted molar refractivity (Wildman–Crippen MR) is 86.4 cm³/mol. The van der Waals surface area contributed by atoms with Crippen LogP contribution in [0.2, 0.25) is 0 Å². The van der Waals surface area contributed by atoms with Crippen molar-refractivity contribution in [3.63, 3.8) is 0 Å². The van der Waals surface area contributed by atoms with Crippen LogP contribution in [-0.4, -0.2) is 12.9 Å². The molecule has 0 aromatic heterocycles. The Kier molecular flexibility index (Phi) is 4.46. The van der Waals surface area contributed by atoms with Crippen molar-refractivity contribution in [1.82, 2.24) is 0 Å². The summed E-state index contributed by atoms with van der Waals surface area (Å²) in [5.41, 5.74) is 6.47. The van der Waals surface area contributed by atoms with Gasteiger partial charge in [-0.2, -0.15) is 0 Å². The molecule has 0 N–H and O–H groups in total. The van der Waals surface area contributed by atoms with Gasteiger partial charge in [-0.3, -0.25) is 4.79 Å². The van der Waals surface area contributed by atoms with Gasteiger partial charge in [-0.15, -0.1) is 0 Å². The van der Waals surface area contributed by atoms with E-state index >= 15 is 0 Å². The summed E-state index contributed by atoms with van der Waals surface area (Å²) in [6, 6.07) is 9.90. The fourth-order valence-corrected chi connectivity index (χ4v) is 2.74. The normalized spacial score (nSPS) is 10.5. The maximum absolute atomic E-state index is 12.5. The summed E-state index contributed by atoms with van der Waals surface area (Å²) >= 11 is 0. The van der Waals surface area contributed by atoms with Gasteiger partial charge >= 0.3 is 0 Å². The molecule has 0 spiro atoms. The SMILES string of the molecule is COc1cc(C(=O)Cc2c(C)cc(C)cc2C)ccc1C. The summed E-state index contributed by atoms with van der Waals surface area (Å²) in [4.78, 5) is 12.5. The summed E-state index contributed by atoms with van der Waals surface area (Å²) in [6.45, 7) is 8.19. The van der Waals surface area contributed by atoms with Gasteiger partial charge < -0.3 is 4.74 Å². The highest BCUT2D eigenvalue weighted by atomic mass is 16.5. The Hall–Kier alpha value is -2.09. The largest absolute Gasteiger partial charge is 0.496 e. The molecule has 0 aliphatic rings. The van der Waals surface area contributed by atoms with E-state index < -0.39 is 0 Å². The van der Waals surface area contributed by atoms with Crippen LogP contribution in [0.5, 0.6) is 5.75 Å². The Morgan fingerprint density at radius 3 is 2.14 bits per heavy atom. The van der Waals surface area contributed by atoms with Crippen LogP contribution in [0.3, 0.4) is 0 Å². The molecule has 2 nitrogen and oxygen atoms in total. The molecule has 21 heavy (non-hydrogen) atoms. The lowest BCUT2D eigenvalue weighted by atomic mass is 9.93. The molecule has 0 bridgehead atoms. The van der Waals surface area contributed by atoms with Crippen LogP contribution in [0.25, 0.3) is 0 Å². The highest BCUT2D eigenvalue weighted by Gasteiger charge is 2.13. The van der Waals surface area contributed by atoms with Gasteiger partial charge in [0, 0.05) is 12.0 Å². The predicted octanol–water partition coefficient (Wildman–Crippen LogP) is 4.35. The van der Waals surface area contributed by atoms with E-state index in [2.05, 4.69) is 32.9 Å². The van der Waals surface area contributed by atoms with E-state index in [4.69, 9.17) is 4.74 Å². The molecule has 0 aliphatic carbocycles. The number of rotatable bonds is 4. The average Bonchev–Trinajstić information content (AvgIpc) is 2.43. The van der Waals surface area contributed by atoms with Crippen molar-refractivity contribution in [2.24, 2.45) is 0 Å². The van der Waals surface area contributed by atoms with E-state index in [0.717, 1.165) is 16.9 Å². The van der Waals surface area contributed by atoms with E-state index in [9.17, 15) is 4.79 Å². The standard InChI is InChI=1S/C19H22O2/c1-12-8-14(3)17(15(4)9-12)11-18(20)16-7-6-13(2)19(10-16)21-5/h6-10H,11H2,1-5H3. The number of ether oxygens (including phenoxy) is 1. The van der Waals surface area contributed by atoms with Crippen molar-refractivity contribution in [3.05, 3.63) is 63.7 Å². The quantitative estimate of drug-likeness (QED) is 0.779. The number of carbonyl (C=O) groups excluding carboxylic acids is 1. The van der Waals surface area contributed by atoms with Gasteiger partial charge in [0.15, 0.2) is 5.78 Å². The monoisotopic (exact) mass is 282 g/mol. The zero-order chi connectivity index (χ0) is 15.6. The van der Waals surface area contributed by atoms with Crippen LogP contribution in [0.4, 0.5) is 0 Å². The number of Topliss-reactive ketones (excluding diaryl/α,β-unsaturated/α-hetero) is 1. The van der Waals surface area contributed by atoms with Gasteiger partial charge in [0.25, 0.3) is 0 Å². The first-order valence-electron chi connectivity index (χ1n) is 7.17. The molecule has 0 saturated heterocycles. The molecular weight excluding hydrogens is 260 g/mol. The van der Waals surface area contributed by atoms with Crippen LogP contribution in [0.1, 0.15) is 38.2 Å². The molecule has 0 heterocycles. The highest BCUT2D eigenvalue weighted by Crippen LogP contribution is 2.22. The first-order chi connectivity index (χ1) is 9.92. The van der Waals surface area contributed by atoms with Crippen LogP contribution in [-0.2, 0) is 6.42 Å². The summed E-state index contributed by atoms with van der Waals surface area (Å²) in [7, 11) is 1.63. The lowest BCUT2D eigenvalue weighted by molar-refractivity contribution is 0.0992. The Balaban J connectivity index is 2.30. The van der Waals surface area contributed by atoms with Crippen LogP contribution in [0, 0.1) is 27.7 Å². The van der Waals surface area contributed by atoms with Gasteiger partial charge in [0.1, 0.15) is 5.75 Å². The number of carbonyl (C=O) groups is 1. The second-order valence-electron chi connectivity index (χ2n) is 5.66. The van der Waals surface area contributed by atoms with E-state index in [1.165, 1.54) is 16.7 Å². The van der Waals surface area contributed by atoms with Gasteiger partial charge in [0.05, 0.1) is 7.11 Å². The van der Waals surface area contributed by atoms with Gasteiger partial charge in [0.2, 0.25) is 0 Å². The Morgan fingerprint density at radius 2 is 1.57 bits per heavy atom. The van der Waals surface area contributed by atoms with Crippen molar-refractivity contribution in [2.45, 2.75) is 34.1 Å². The van der Waals surface area contributed by atoms with Gasteiger partial charge in [-0.1, -0.05) is 29.8 Å². The summed E-state index contributed by atoms with van der Waals surface area (Å²) < 4.78 is 5.30. The zero-order valence-electron chi connectivity index (χ0n) is 13.4. The average molecular weight is 282 g/mol. The van der Waals surface area contributed by atoms with E-state index in [1.54, 1.807) is 7.11 Å². The lowest BCUT2D eigenvalue weighted by Crippen LogP contribution is -2.07. The van der Waals surface area contributed by atoms with Gasteiger partial charge in [-0.25, -0.2) is 0 Å². The summed E-state index contributed by atoms with van der Waals surface area (Å²) in [5.74, 6) is 0.890. The molecule has 110 valence electrons. The van der Waals surface area contributed by atoms with Gasteiger partial charge in [-0.05, 0) is 56.0 Å². The molecule has 0 aliphatic heterocycles. The molecule has 2 heteroatoms. The molecule has 0 saturated carbocycles. The molecule has 0 amide bonds.